The van der Waals surface area contributed by atoms with Gasteiger partial charge in [-0.15, -0.1) is 0 Å². The Bertz CT molecular complexity index is 1070. The number of amides is 2. The molecule has 3 heterocycles. The fourth-order valence-electron chi connectivity index (χ4n) is 3.46. The zero-order valence-electron chi connectivity index (χ0n) is 19.9. The number of halogens is 3. The Morgan fingerprint density at radius 2 is 2.00 bits per heavy atom. The van der Waals surface area contributed by atoms with E-state index in [4.69, 9.17) is 10.5 Å². The van der Waals surface area contributed by atoms with Crippen molar-refractivity contribution in [3.63, 3.8) is 0 Å². The van der Waals surface area contributed by atoms with Crippen LogP contribution in [0.25, 0.3) is 0 Å². The van der Waals surface area contributed by atoms with Crippen LogP contribution in [0.1, 0.15) is 37.9 Å². The van der Waals surface area contributed by atoms with Crippen LogP contribution in [0.5, 0.6) is 0 Å². The van der Waals surface area contributed by atoms with Gasteiger partial charge in [-0.1, -0.05) is 0 Å². The van der Waals surface area contributed by atoms with Crippen molar-refractivity contribution in [2.75, 3.05) is 43.5 Å². The van der Waals surface area contributed by atoms with Gasteiger partial charge >= 0.3 is 6.18 Å². The minimum atomic E-state index is -4.60. The number of primary amides is 1. The summed E-state index contributed by atoms with van der Waals surface area (Å²) in [5.41, 5.74) is 4.30. The first-order chi connectivity index (χ1) is 16.4. The van der Waals surface area contributed by atoms with Crippen LogP contribution < -0.4 is 16.4 Å². The van der Waals surface area contributed by atoms with E-state index in [9.17, 15) is 22.8 Å². The summed E-state index contributed by atoms with van der Waals surface area (Å²) in [6.07, 6.45) is -1.53. The number of pyridine rings is 1. The number of carbonyl (C=O) groups excluding carboxylic acids is 2. The predicted octanol–water partition coefficient (Wildman–Crippen LogP) is 2.62. The van der Waals surface area contributed by atoms with E-state index in [1.807, 2.05) is 0 Å². The van der Waals surface area contributed by atoms with Gasteiger partial charge in [-0.25, -0.2) is 4.98 Å². The van der Waals surface area contributed by atoms with Crippen LogP contribution >= 0.6 is 0 Å². The molecule has 0 atom stereocenters. The van der Waals surface area contributed by atoms with Gasteiger partial charge in [0.15, 0.2) is 0 Å². The second kappa shape index (κ2) is 10.5. The number of hydrogen-bond acceptors (Lipinski definition) is 7. The van der Waals surface area contributed by atoms with Gasteiger partial charge in [-0.3, -0.25) is 14.3 Å². The number of rotatable bonds is 9. The number of anilines is 3. The maximum absolute atomic E-state index is 13.6. The third-order valence-electron chi connectivity index (χ3n) is 5.79. The monoisotopic (exact) mass is 497 g/mol. The summed E-state index contributed by atoms with van der Waals surface area (Å²) >= 11 is 0. The molecule has 2 aromatic heterocycles. The van der Waals surface area contributed by atoms with Crippen molar-refractivity contribution in [2.45, 2.75) is 45.3 Å². The van der Waals surface area contributed by atoms with Crippen LogP contribution in [0.2, 0.25) is 0 Å². The SMILES string of the molecule is Cc1nn(C(C)(C)C(N)=O)cc1Nc1cc(NCCCN2CCOCCC2=O)c(C(F)(F)F)cn1. The van der Waals surface area contributed by atoms with Crippen molar-refractivity contribution in [2.24, 2.45) is 5.73 Å². The molecule has 2 aromatic rings. The van der Waals surface area contributed by atoms with Gasteiger partial charge in [0.05, 0.1) is 42.3 Å². The fraction of sp³-hybridized carbons (Fsp3) is 0.545. The number of nitrogens with one attached hydrogen (secondary N) is 2. The van der Waals surface area contributed by atoms with E-state index >= 15 is 0 Å². The summed E-state index contributed by atoms with van der Waals surface area (Å²) in [6, 6.07) is 1.27. The maximum atomic E-state index is 13.6. The van der Waals surface area contributed by atoms with Crippen molar-refractivity contribution in [1.29, 1.82) is 0 Å². The predicted molar refractivity (Wildman–Crippen MR) is 123 cm³/mol. The Labute approximate surface area is 201 Å². The van der Waals surface area contributed by atoms with E-state index in [0.29, 0.717) is 50.5 Å². The Hall–Kier alpha value is -3.35. The van der Waals surface area contributed by atoms with Crippen molar-refractivity contribution in [1.82, 2.24) is 19.7 Å². The van der Waals surface area contributed by atoms with Gasteiger partial charge in [-0.05, 0) is 27.2 Å². The highest BCUT2D eigenvalue weighted by atomic mass is 19.4. The van der Waals surface area contributed by atoms with Gasteiger partial charge in [0.2, 0.25) is 11.8 Å². The minimum absolute atomic E-state index is 0.0238. The smallest absolute Gasteiger partial charge is 0.384 e. The zero-order valence-corrected chi connectivity index (χ0v) is 19.9. The Kier molecular flexibility index (Phi) is 7.88. The summed E-state index contributed by atoms with van der Waals surface area (Å²) in [4.78, 5) is 29.3. The number of nitrogens with two attached hydrogens (primary N) is 1. The molecule has 0 unspecified atom stereocenters. The lowest BCUT2D eigenvalue weighted by Crippen LogP contribution is -2.41. The number of aryl methyl sites for hydroxylation is 1. The molecule has 192 valence electrons. The van der Waals surface area contributed by atoms with E-state index < -0.39 is 23.2 Å². The molecule has 0 aliphatic carbocycles. The first kappa shape index (κ1) is 26.3. The molecule has 0 radical (unpaired) electrons. The summed E-state index contributed by atoms with van der Waals surface area (Å²) < 4.78 is 47.3. The van der Waals surface area contributed by atoms with E-state index in [1.54, 1.807) is 31.9 Å². The molecule has 1 aliphatic heterocycles. The van der Waals surface area contributed by atoms with Gasteiger partial charge in [0, 0.05) is 38.1 Å². The van der Waals surface area contributed by atoms with Gasteiger partial charge in [-0.2, -0.15) is 18.3 Å². The molecule has 1 aliphatic rings. The molecular formula is C22H30F3N7O3. The molecule has 0 saturated carbocycles. The molecule has 0 spiro atoms. The molecule has 0 bridgehead atoms. The largest absolute Gasteiger partial charge is 0.419 e. The Morgan fingerprint density at radius 3 is 2.69 bits per heavy atom. The quantitative estimate of drug-likeness (QED) is 0.455. The Balaban J connectivity index is 1.72. The molecule has 35 heavy (non-hydrogen) atoms. The fourth-order valence-corrected chi connectivity index (χ4v) is 3.46. The number of nitrogens with zero attached hydrogens (tertiary/aromatic N) is 4. The van der Waals surface area contributed by atoms with E-state index in [-0.39, 0.29) is 24.0 Å². The van der Waals surface area contributed by atoms with E-state index in [1.165, 1.54) is 10.7 Å². The summed E-state index contributed by atoms with van der Waals surface area (Å²) in [7, 11) is 0. The average molecular weight is 498 g/mol. The molecule has 1 saturated heterocycles. The molecule has 2 amide bonds. The molecule has 10 nitrogen and oxygen atoms in total. The average Bonchev–Trinajstić information content (AvgIpc) is 3.01. The number of aromatic nitrogens is 3. The third-order valence-corrected chi connectivity index (χ3v) is 5.79. The van der Waals surface area contributed by atoms with Crippen LogP contribution in [0.4, 0.5) is 30.4 Å². The molecular weight excluding hydrogens is 467 g/mol. The number of carbonyl (C=O) groups is 2. The first-order valence-electron chi connectivity index (χ1n) is 11.2. The van der Waals surface area contributed by atoms with Crippen molar-refractivity contribution >= 4 is 29.0 Å². The second-order valence-corrected chi connectivity index (χ2v) is 8.76. The molecule has 4 N–H and O–H groups in total. The van der Waals surface area contributed by atoms with Crippen LogP contribution in [0.15, 0.2) is 18.5 Å². The summed E-state index contributed by atoms with van der Waals surface area (Å²) in [6.45, 7) is 6.84. The third kappa shape index (κ3) is 6.41. The van der Waals surface area contributed by atoms with E-state index in [2.05, 4.69) is 20.7 Å². The molecule has 3 rings (SSSR count). The van der Waals surface area contributed by atoms with Gasteiger partial charge in [0.25, 0.3) is 0 Å². The lowest BCUT2D eigenvalue weighted by atomic mass is 10.1. The highest BCUT2D eigenvalue weighted by Gasteiger charge is 2.34. The van der Waals surface area contributed by atoms with Crippen LogP contribution in [0, 0.1) is 6.92 Å². The summed E-state index contributed by atoms with van der Waals surface area (Å²) in [5, 5.41) is 10.1. The number of hydrogen-bond donors (Lipinski definition) is 3. The van der Waals surface area contributed by atoms with Crippen molar-refractivity contribution in [3.8, 4) is 0 Å². The van der Waals surface area contributed by atoms with E-state index in [0.717, 1.165) is 6.20 Å². The Morgan fingerprint density at radius 1 is 1.26 bits per heavy atom. The normalized spacial score (nSPS) is 15.1. The van der Waals surface area contributed by atoms with Gasteiger partial charge < -0.3 is 26.0 Å². The van der Waals surface area contributed by atoms with Crippen LogP contribution in [0.3, 0.4) is 0 Å². The van der Waals surface area contributed by atoms with Gasteiger partial charge in [0.1, 0.15) is 11.4 Å². The molecule has 1 fully saturated rings. The highest BCUT2D eigenvalue weighted by Crippen LogP contribution is 2.36. The maximum Gasteiger partial charge on any atom is 0.419 e. The van der Waals surface area contributed by atoms with Crippen molar-refractivity contribution < 1.29 is 27.5 Å². The first-order valence-corrected chi connectivity index (χ1v) is 11.2. The number of ether oxygens (including phenoxy) is 1. The van der Waals surface area contributed by atoms with Crippen LogP contribution in [-0.4, -0.2) is 64.3 Å². The minimum Gasteiger partial charge on any atom is -0.384 e. The highest BCUT2D eigenvalue weighted by molar-refractivity contribution is 5.82. The molecule has 13 heteroatoms. The standard InChI is InChI=1S/C22H30F3N7O3/c1-14-17(13-32(30-14)21(2,3)20(26)34)29-18-11-16(15(12-28-18)22(23,24)25)27-6-4-7-31-8-10-35-9-5-19(31)33/h11-13H,4-10H2,1-3H3,(H2,26,34)(H2,27,28,29). The zero-order chi connectivity index (χ0) is 25.8. The summed E-state index contributed by atoms with van der Waals surface area (Å²) in [5.74, 6) is -0.440. The lowest BCUT2D eigenvalue weighted by Gasteiger charge is -2.21. The second-order valence-electron chi connectivity index (χ2n) is 8.76. The van der Waals surface area contributed by atoms with Crippen molar-refractivity contribution in [3.05, 3.63) is 29.7 Å². The van der Waals surface area contributed by atoms with Crippen LogP contribution in [-0.2, 0) is 26.0 Å². The number of alkyl halides is 3. The topological polar surface area (TPSA) is 127 Å². The molecule has 0 aromatic carbocycles. The lowest BCUT2D eigenvalue weighted by molar-refractivity contribution is -0.137.